The molecule has 0 heterocycles. The molecule has 1 aromatic carbocycles. The van der Waals surface area contributed by atoms with E-state index in [9.17, 15) is 8.60 Å². The summed E-state index contributed by atoms with van der Waals surface area (Å²) >= 11 is 5.61. The van der Waals surface area contributed by atoms with Gasteiger partial charge in [-0.1, -0.05) is 23.7 Å². The molecule has 0 saturated heterocycles. The Morgan fingerprint density at radius 3 is 2.62 bits per heavy atom. The monoisotopic (exact) mass is 261 g/mol. The van der Waals surface area contributed by atoms with Crippen LogP contribution in [0.4, 0.5) is 4.39 Å². The van der Waals surface area contributed by atoms with Crippen LogP contribution in [0.2, 0.25) is 5.02 Å². The molecule has 0 aromatic heterocycles. The van der Waals surface area contributed by atoms with Gasteiger partial charge in [-0.25, -0.2) is 8.60 Å². The summed E-state index contributed by atoms with van der Waals surface area (Å²) in [6.45, 7) is 5.40. The van der Waals surface area contributed by atoms with Gasteiger partial charge in [-0.05, 0) is 26.8 Å². The van der Waals surface area contributed by atoms with Crippen molar-refractivity contribution < 1.29 is 8.60 Å². The Hall–Kier alpha value is -0.740. The van der Waals surface area contributed by atoms with Crippen LogP contribution in [-0.4, -0.2) is 15.2 Å². The van der Waals surface area contributed by atoms with Crippen LogP contribution < -0.4 is 0 Å². The summed E-state index contributed by atoms with van der Waals surface area (Å²) in [4.78, 5) is 0. The minimum Gasteiger partial charge on any atom is -0.234 e. The molecule has 1 atom stereocenters. The zero-order valence-electron chi connectivity index (χ0n) is 9.33. The van der Waals surface area contributed by atoms with Crippen molar-refractivity contribution in [2.45, 2.75) is 25.5 Å². The van der Waals surface area contributed by atoms with Crippen LogP contribution in [0, 0.1) is 5.82 Å². The third-order valence-corrected chi connectivity index (χ3v) is 3.43. The molecule has 5 heteroatoms. The Balaban J connectivity index is 2.94. The maximum atomic E-state index is 13.4. The van der Waals surface area contributed by atoms with Gasteiger partial charge in [-0.15, -0.1) is 0 Å². The van der Waals surface area contributed by atoms with E-state index in [1.807, 2.05) is 0 Å². The van der Waals surface area contributed by atoms with Crippen molar-refractivity contribution in [3.63, 3.8) is 0 Å². The summed E-state index contributed by atoms with van der Waals surface area (Å²) in [5.41, 5.74) is 0.241. The minimum atomic E-state index is -1.39. The van der Waals surface area contributed by atoms with E-state index in [-0.39, 0.29) is 10.6 Å². The van der Waals surface area contributed by atoms with Gasteiger partial charge < -0.3 is 0 Å². The lowest BCUT2D eigenvalue weighted by Crippen LogP contribution is -2.19. The summed E-state index contributed by atoms with van der Waals surface area (Å²) in [6, 6.07) is 4.60. The van der Waals surface area contributed by atoms with Crippen LogP contribution in [0.1, 0.15) is 26.3 Å². The largest absolute Gasteiger partial charge is 0.234 e. The highest BCUT2D eigenvalue weighted by molar-refractivity contribution is 7.85. The van der Waals surface area contributed by atoms with Crippen molar-refractivity contribution in [2.24, 2.45) is 4.40 Å². The highest BCUT2D eigenvalue weighted by atomic mass is 35.5. The number of nitrogens with zero attached hydrogens (tertiary/aromatic N) is 1. The lowest BCUT2D eigenvalue weighted by atomic mass is 10.2. The molecule has 88 valence electrons. The number of halogens is 2. The van der Waals surface area contributed by atoms with Gasteiger partial charge in [0.05, 0.1) is 9.77 Å². The Bertz CT molecular complexity index is 440. The first-order valence-corrected chi connectivity index (χ1v) is 6.21. The summed E-state index contributed by atoms with van der Waals surface area (Å²) < 4.78 is 28.4. The summed E-state index contributed by atoms with van der Waals surface area (Å²) in [5.74, 6) is -0.543. The number of benzene rings is 1. The third-order valence-electron chi connectivity index (χ3n) is 1.79. The molecule has 0 radical (unpaired) electrons. The average Bonchev–Trinajstić information content (AvgIpc) is 2.18. The number of hydrogen-bond donors (Lipinski definition) is 0. The first-order valence-electron chi connectivity index (χ1n) is 4.72. The van der Waals surface area contributed by atoms with E-state index in [1.54, 1.807) is 26.8 Å². The van der Waals surface area contributed by atoms with Crippen LogP contribution in [0.15, 0.2) is 22.6 Å². The van der Waals surface area contributed by atoms with E-state index in [4.69, 9.17) is 11.6 Å². The van der Waals surface area contributed by atoms with Gasteiger partial charge in [-0.3, -0.25) is 0 Å². The molecule has 1 unspecified atom stereocenters. The summed E-state index contributed by atoms with van der Waals surface area (Å²) in [7, 11) is -1.39. The molecule has 2 nitrogen and oxygen atoms in total. The predicted molar refractivity (Wildman–Crippen MR) is 66.9 cm³/mol. The fourth-order valence-electron chi connectivity index (χ4n) is 0.883. The predicted octanol–water partition coefficient (Wildman–Crippen LogP) is 3.36. The van der Waals surface area contributed by atoms with Gasteiger partial charge in [-0.2, -0.15) is 4.40 Å². The second-order valence-corrected chi connectivity index (χ2v) is 6.58. The van der Waals surface area contributed by atoms with Gasteiger partial charge in [0.15, 0.2) is 5.82 Å². The fourth-order valence-corrected chi connectivity index (χ4v) is 1.59. The van der Waals surface area contributed by atoms with Crippen LogP contribution in [-0.2, 0) is 11.0 Å². The van der Waals surface area contributed by atoms with E-state index in [0.29, 0.717) is 0 Å². The molecule has 0 aliphatic rings. The first-order chi connectivity index (χ1) is 7.32. The highest BCUT2D eigenvalue weighted by Crippen LogP contribution is 2.17. The van der Waals surface area contributed by atoms with Crippen molar-refractivity contribution in [1.82, 2.24) is 0 Å². The van der Waals surface area contributed by atoms with E-state index in [2.05, 4.69) is 4.40 Å². The lowest BCUT2D eigenvalue weighted by molar-refractivity contribution is 0.626. The second kappa shape index (κ2) is 5.06. The van der Waals surface area contributed by atoms with Gasteiger partial charge >= 0.3 is 0 Å². The summed E-state index contributed by atoms with van der Waals surface area (Å²) in [6.07, 6.45) is 1.25. The maximum absolute atomic E-state index is 13.4. The fraction of sp³-hybridized carbons (Fsp3) is 0.364. The van der Waals surface area contributed by atoms with Crippen molar-refractivity contribution in [3.05, 3.63) is 34.6 Å². The standard InChI is InChI=1S/C11H13ClFNOS/c1-11(2,3)16(15)14-7-8-5-4-6-9(12)10(8)13/h4-7H,1-3H3/b14-7+. The topological polar surface area (TPSA) is 29.4 Å². The van der Waals surface area contributed by atoms with Crippen molar-refractivity contribution in [2.75, 3.05) is 0 Å². The highest BCUT2D eigenvalue weighted by Gasteiger charge is 2.18. The van der Waals surface area contributed by atoms with Gasteiger partial charge in [0, 0.05) is 11.8 Å². The zero-order valence-corrected chi connectivity index (χ0v) is 10.9. The smallest absolute Gasteiger partial charge is 0.150 e. The molecule has 0 spiro atoms. The van der Waals surface area contributed by atoms with E-state index in [1.165, 1.54) is 18.3 Å². The second-order valence-electron chi connectivity index (χ2n) is 4.24. The molecule has 0 bridgehead atoms. The van der Waals surface area contributed by atoms with E-state index >= 15 is 0 Å². The number of rotatable bonds is 2. The summed E-state index contributed by atoms with van der Waals surface area (Å²) in [5, 5.41) is 0.0329. The van der Waals surface area contributed by atoms with E-state index in [0.717, 1.165) is 0 Å². The molecular formula is C11H13ClFNOS. The van der Waals surface area contributed by atoms with E-state index < -0.39 is 21.5 Å². The Labute approximate surface area is 102 Å². The molecule has 1 aromatic rings. The van der Waals surface area contributed by atoms with Crippen LogP contribution in [0.5, 0.6) is 0 Å². The lowest BCUT2D eigenvalue weighted by Gasteiger charge is -2.12. The van der Waals surface area contributed by atoms with Crippen LogP contribution in [0.3, 0.4) is 0 Å². The molecule has 0 fully saturated rings. The van der Waals surface area contributed by atoms with Gasteiger partial charge in [0.2, 0.25) is 0 Å². The molecule has 0 aliphatic heterocycles. The normalized spacial score (nSPS) is 14.3. The first kappa shape index (κ1) is 13.3. The molecular weight excluding hydrogens is 249 g/mol. The van der Waals surface area contributed by atoms with Crippen molar-refractivity contribution >= 4 is 28.8 Å². The molecule has 16 heavy (non-hydrogen) atoms. The molecule has 0 amide bonds. The average molecular weight is 262 g/mol. The number of hydrogen-bond acceptors (Lipinski definition) is 1. The zero-order chi connectivity index (χ0) is 12.3. The van der Waals surface area contributed by atoms with Gasteiger partial charge in [0.25, 0.3) is 0 Å². The third kappa shape index (κ3) is 3.39. The maximum Gasteiger partial charge on any atom is 0.150 e. The van der Waals surface area contributed by atoms with Crippen molar-refractivity contribution in [1.29, 1.82) is 0 Å². The molecule has 0 N–H and O–H groups in total. The quantitative estimate of drug-likeness (QED) is 0.751. The Morgan fingerprint density at radius 1 is 1.44 bits per heavy atom. The molecule has 1 rings (SSSR count). The Kier molecular flexibility index (Phi) is 4.21. The minimum absolute atomic E-state index is 0.0329. The van der Waals surface area contributed by atoms with Crippen LogP contribution in [0.25, 0.3) is 0 Å². The SMILES string of the molecule is CC(C)(C)S(=O)/N=C/c1cccc(Cl)c1F. The van der Waals surface area contributed by atoms with Gasteiger partial charge in [0.1, 0.15) is 11.0 Å². The van der Waals surface area contributed by atoms with Crippen molar-refractivity contribution in [3.8, 4) is 0 Å². The van der Waals surface area contributed by atoms with Crippen LogP contribution >= 0.6 is 11.6 Å². The molecule has 0 aliphatic carbocycles. The Morgan fingerprint density at radius 2 is 2.06 bits per heavy atom. The molecule has 0 saturated carbocycles.